The highest BCUT2D eigenvalue weighted by Crippen LogP contribution is 2.25. The van der Waals surface area contributed by atoms with Crippen molar-refractivity contribution < 1.29 is 0 Å². The zero-order valence-electron chi connectivity index (χ0n) is 12.7. The Hall–Kier alpha value is -1.95. The van der Waals surface area contributed by atoms with E-state index in [1.807, 2.05) is 30.2 Å². The molecule has 0 aromatic carbocycles. The molecule has 0 atom stereocenters. The molecule has 21 heavy (non-hydrogen) atoms. The minimum Gasteiger partial charge on any atom is -0.362 e. The molecule has 112 valence electrons. The first-order chi connectivity index (χ1) is 10.2. The standard InChI is InChI=1S/C15H22N6/c1-20-6-3-12(4-7-20)13-9-18-14(10-17-13)19-11-15-16-5-8-21(15)2/h5,8-10,12H,3-4,6-7,11H2,1-2H3,(H,18,19). The third-order valence-electron chi connectivity index (χ3n) is 4.16. The van der Waals surface area contributed by atoms with Crippen LogP contribution < -0.4 is 5.32 Å². The van der Waals surface area contributed by atoms with Gasteiger partial charge in [0.25, 0.3) is 0 Å². The average molecular weight is 286 g/mol. The molecule has 1 aliphatic heterocycles. The van der Waals surface area contributed by atoms with Crippen molar-refractivity contribution in [1.82, 2.24) is 24.4 Å². The van der Waals surface area contributed by atoms with Crippen molar-refractivity contribution in [3.8, 4) is 0 Å². The van der Waals surface area contributed by atoms with Gasteiger partial charge in [-0.3, -0.25) is 4.98 Å². The highest BCUT2D eigenvalue weighted by atomic mass is 15.1. The third kappa shape index (κ3) is 3.39. The maximum atomic E-state index is 4.58. The van der Waals surface area contributed by atoms with Gasteiger partial charge < -0.3 is 14.8 Å². The normalized spacial score (nSPS) is 17.0. The van der Waals surface area contributed by atoms with Gasteiger partial charge in [-0.2, -0.15) is 0 Å². The van der Waals surface area contributed by atoms with Gasteiger partial charge in [-0.15, -0.1) is 0 Å². The predicted molar refractivity (Wildman–Crippen MR) is 82.0 cm³/mol. The van der Waals surface area contributed by atoms with Crippen LogP contribution in [-0.4, -0.2) is 44.6 Å². The number of aryl methyl sites for hydroxylation is 1. The SMILES string of the molecule is CN1CCC(c2cnc(NCc3nccn3C)cn2)CC1. The molecule has 3 rings (SSSR count). The van der Waals surface area contributed by atoms with Crippen molar-refractivity contribution in [2.45, 2.75) is 25.3 Å². The van der Waals surface area contributed by atoms with E-state index in [1.54, 1.807) is 6.20 Å². The Bertz CT molecular complexity index is 568. The van der Waals surface area contributed by atoms with Crippen molar-refractivity contribution in [2.24, 2.45) is 7.05 Å². The Morgan fingerprint density at radius 1 is 1.14 bits per heavy atom. The summed E-state index contributed by atoms with van der Waals surface area (Å²) in [6.07, 6.45) is 9.82. The number of nitrogens with zero attached hydrogens (tertiary/aromatic N) is 5. The lowest BCUT2D eigenvalue weighted by atomic mass is 9.94. The molecule has 0 radical (unpaired) electrons. The van der Waals surface area contributed by atoms with Gasteiger partial charge >= 0.3 is 0 Å². The Labute approximate surface area is 125 Å². The van der Waals surface area contributed by atoms with E-state index in [-0.39, 0.29) is 0 Å². The molecule has 1 saturated heterocycles. The molecule has 6 heteroatoms. The molecule has 2 aromatic rings. The van der Waals surface area contributed by atoms with E-state index < -0.39 is 0 Å². The molecule has 0 spiro atoms. The van der Waals surface area contributed by atoms with E-state index in [0.717, 1.165) is 30.4 Å². The number of aromatic nitrogens is 4. The van der Waals surface area contributed by atoms with Gasteiger partial charge in [-0.05, 0) is 33.0 Å². The Kier molecular flexibility index (Phi) is 4.15. The zero-order chi connectivity index (χ0) is 14.7. The van der Waals surface area contributed by atoms with Crippen molar-refractivity contribution in [3.05, 3.63) is 36.3 Å². The summed E-state index contributed by atoms with van der Waals surface area (Å²) in [6, 6.07) is 0. The summed E-state index contributed by atoms with van der Waals surface area (Å²) in [4.78, 5) is 15.7. The number of hydrogen-bond donors (Lipinski definition) is 1. The van der Waals surface area contributed by atoms with Crippen LogP contribution in [0, 0.1) is 0 Å². The van der Waals surface area contributed by atoms with Crippen molar-refractivity contribution >= 4 is 5.82 Å². The lowest BCUT2D eigenvalue weighted by Crippen LogP contribution is -2.29. The summed E-state index contributed by atoms with van der Waals surface area (Å²) in [7, 11) is 4.16. The van der Waals surface area contributed by atoms with Gasteiger partial charge in [0.15, 0.2) is 0 Å². The monoisotopic (exact) mass is 286 g/mol. The van der Waals surface area contributed by atoms with E-state index in [9.17, 15) is 0 Å². The van der Waals surface area contributed by atoms with Crippen LogP contribution in [0.25, 0.3) is 0 Å². The van der Waals surface area contributed by atoms with Crippen LogP contribution in [-0.2, 0) is 13.6 Å². The largest absolute Gasteiger partial charge is 0.362 e. The molecule has 0 saturated carbocycles. The fourth-order valence-electron chi connectivity index (χ4n) is 2.68. The second-order valence-electron chi connectivity index (χ2n) is 5.71. The molecule has 6 nitrogen and oxygen atoms in total. The highest BCUT2D eigenvalue weighted by Gasteiger charge is 2.19. The molecular weight excluding hydrogens is 264 g/mol. The zero-order valence-corrected chi connectivity index (χ0v) is 12.7. The molecule has 0 amide bonds. The van der Waals surface area contributed by atoms with E-state index in [0.29, 0.717) is 12.5 Å². The average Bonchev–Trinajstić information content (AvgIpc) is 2.92. The number of rotatable bonds is 4. The fourth-order valence-corrected chi connectivity index (χ4v) is 2.68. The van der Waals surface area contributed by atoms with E-state index in [2.05, 4.69) is 32.2 Å². The second-order valence-corrected chi connectivity index (χ2v) is 5.71. The first-order valence-electron chi connectivity index (χ1n) is 7.43. The lowest BCUT2D eigenvalue weighted by molar-refractivity contribution is 0.253. The van der Waals surface area contributed by atoms with Crippen molar-refractivity contribution in [1.29, 1.82) is 0 Å². The molecule has 0 unspecified atom stereocenters. The maximum Gasteiger partial charge on any atom is 0.144 e. The summed E-state index contributed by atoms with van der Waals surface area (Å²) in [5.41, 5.74) is 1.12. The molecule has 1 aliphatic rings. The smallest absolute Gasteiger partial charge is 0.144 e. The number of anilines is 1. The fraction of sp³-hybridized carbons (Fsp3) is 0.533. The van der Waals surface area contributed by atoms with E-state index >= 15 is 0 Å². The van der Waals surface area contributed by atoms with Crippen LogP contribution in [0.4, 0.5) is 5.82 Å². The van der Waals surface area contributed by atoms with E-state index in [1.165, 1.54) is 12.8 Å². The van der Waals surface area contributed by atoms with Gasteiger partial charge in [-0.1, -0.05) is 0 Å². The van der Waals surface area contributed by atoms with Crippen LogP contribution >= 0.6 is 0 Å². The van der Waals surface area contributed by atoms with Gasteiger partial charge in [0, 0.05) is 25.4 Å². The van der Waals surface area contributed by atoms with Crippen molar-refractivity contribution in [2.75, 3.05) is 25.5 Å². The minimum atomic E-state index is 0.553. The molecule has 3 heterocycles. The summed E-state index contributed by atoms with van der Waals surface area (Å²) < 4.78 is 1.99. The molecule has 1 fully saturated rings. The highest BCUT2D eigenvalue weighted by molar-refractivity contribution is 5.31. The van der Waals surface area contributed by atoms with Gasteiger partial charge in [0.1, 0.15) is 11.6 Å². The Morgan fingerprint density at radius 3 is 2.57 bits per heavy atom. The van der Waals surface area contributed by atoms with E-state index in [4.69, 9.17) is 0 Å². The number of imidazole rings is 1. The number of piperidine rings is 1. The third-order valence-corrected chi connectivity index (χ3v) is 4.16. The lowest BCUT2D eigenvalue weighted by Gasteiger charge is -2.28. The summed E-state index contributed by atoms with van der Waals surface area (Å²) >= 11 is 0. The first-order valence-corrected chi connectivity index (χ1v) is 7.43. The van der Waals surface area contributed by atoms with Gasteiger partial charge in [-0.25, -0.2) is 9.97 Å². The van der Waals surface area contributed by atoms with Crippen molar-refractivity contribution in [3.63, 3.8) is 0 Å². The molecule has 0 aliphatic carbocycles. The van der Waals surface area contributed by atoms with Crippen LogP contribution in [0.5, 0.6) is 0 Å². The second kappa shape index (κ2) is 6.22. The predicted octanol–water partition coefficient (Wildman–Crippen LogP) is 1.63. The molecular formula is C15H22N6. The maximum absolute atomic E-state index is 4.58. The van der Waals surface area contributed by atoms with Crippen LogP contribution in [0.15, 0.2) is 24.8 Å². The first kappa shape index (κ1) is 14.0. The van der Waals surface area contributed by atoms with Crippen LogP contribution in [0.3, 0.4) is 0 Å². The Morgan fingerprint density at radius 2 is 1.95 bits per heavy atom. The molecule has 1 N–H and O–H groups in total. The number of nitrogens with one attached hydrogen (secondary N) is 1. The Balaban J connectivity index is 1.58. The molecule has 0 bridgehead atoms. The quantitative estimate of drug-likeness (QED) is 0.926. The van der Waals surface area contributed by atoms with Gasteiger partial charge in [0.05, 0.1) is 24.6 Å². The van der Waals surface area contributed by atoms with Crippen LogP contribution in [0.1, 0.15) is 30.3 Å². The van der Waals surface area contributed by atoms with Crippen LogP contribution in [0.2, 0.25) is 0 Å². The number of likely N-dealkylation sites (tertiary alicyclic amines) is 1. The number of hydrogen-bond acceptors (Lipinski definition) is 5. The summed E-state index contributed by atoms with van der Waals surface area (Å²) in [5.74, 6) is 2.34. The topological polar surface area (TPSA) is 58.9 Å². The minimum absolute atomic E-state index is 0.553. The summed E-state index contributed by atoms with van der Waals surface area (Å²) in [5, 5.41) is 3.26. The summed E-state index contributed by atoms with van der Waals surface area (Å²) in [6.45, 7) is 2.95. The molecule has 2 aromatic heterocycles. The van der Waals surface area contributed by atoms with Gasteiger partial charge in [0.2, 0.25) is 0 Å².